The summed E-state index contributed by atoms with van der Waals surface area (Å²) < 4.78 is 5.15. The normalized spacial score (nSPS) is 35.9. The zero-order valence-corrected chi connectivity index (χ0v) is 10.1. The Bertz CT molecular complexity index is 389. The number of hydrogen-bond donors (Lipinski definition) is 2. The molecule has 0 saturated carbocycles. The van der Waals surface area contributed by atoms with Crippen LogP contribution in [0.2, 0.25) is 0 Å². The minimum absolute atomic E-state index is 0.487. The first-order chi connectivity index (χ1) is 8.19. The smallest absolute Gasteiger partial charge is 0.118 e. The van der Waals surface area contributed by atoms with Gasteiger partial charge in [-0.15, -0.1) is 0 Å². The summed E-state index contributed by atoms with van der Waals surface area (Å²) in [5, 5.41) is 14.4. The zero-order valence-electron chi connectivity index (χ0n) is 10.1. The van der Waals surface area contributed by atoms with E-state index in [4.69, 9.17) is 4.74 Å². The summed E-state index contributed by atoms with van der Waals surface area (Å²) in [7, 11) is 1.66. The van der Waals surface area contributed by atoms with Gasteiger partial charge in [-0.25, -0.2) is 0 Å². The maximum absolute atomic E-state index is 10.8. The minimum Gasteiger partial charge on any atom is -0.497 e. The summed E-state index contributed by atoms with van der Waals surface area (Å²) in [5.74, 6) is 0.842. The van der Waals surface area contributed by atoms with Crippen LogP contribution in [0.15, 0.2) is 24.3 Å². The van der Waals surface area contributed by atoms with Crippen LogP contribution < -0.4 is 10.1 Å². The number of ether oxygens (including phenoxy) is 1. The Morgan fingerprint density at radius 2 is 1.76 bits per heavy atom. The SMILES string of the molecule is COc1ccc(C2(O)C[C@H]3CC[C@@H](C2)N3)cc1. The molecule has 0 spiro atoms. The van der Waals surface area contributed by atoms with Gasteiger partial charge in [0.25, 0.3) is 0 Å². The van der Waals surface area contributed by atoms with Gasteiger partial charge in [0.2, 0.25) is 0 Å². The first-order valence-corrected chi connectivity index (χ1v) is 6.32. The van der Waals surface area contributed by atoms with Crippen molar-refractivity contribution < 1.29 is 9.84 Å². The number of aliphatic hydroxyl groups is 1. The van der Waals surface area contributed by atoms with Gasteiger partial charge in [0.15, 0.2) is 0 Å². The van der Waals surface area contributed by atoms with E-state index in [-0.39, 0.29) is 0 Å². The van der Waals surface area contributed by atoms with E-state index in [1.807, 2.05) is 24.3 Å². The van der Waals surface area contributed by atoms with E-state index in [9.17, 15) is 5.11 Å². The minimum atomic E-state index is -0.649. The van der Waals surface area contributed by atoms with Gasteiger partial charge < -0.3 is 15.2 Å². The fourth-order valence-corrected chi connectivity index (χ4v) is 3.26. The van der Waals surface area contributed by atoms with Crippen molar-refractivity contribution in [1.82, 2.24) is 5.32 Å². The van der Waals surface area contributed by atoms with Crippen molar-refractivity contribution in [3.05, 3.63) is 29.8 Å². The highest BCUT2D eigenvalue weighted by atomic mass is 16.5. The number of piperidine rings is 1. The summed E-state index contributed by atoms with van der Waals surface area (Å²) in [6.07, 6.45) is 4.05. The Labute approximate surface area is 102 Å². The van der Waals surface area contributed by atoms with Crippen molar-refractivity contribution in [3.8, 4) is 5.75 Å². The average Bonchev–Trinajstić information content (AvgIpc) is 2.69. The fraction of sp³-hybridized carbons (Fsp3) is 0.571. The van der Waals surface area contributed by atoms with E-state index in [2.05, 4.69) is 5.32 Å². The van der Waals surface area contributed by atoms with E-state index >= 15 is 0 Å². The van der Waals surface area contributed by atoms with Gasteiger partial charge in [0.1, 0.15) is 5.75 Å². The first-order valence-electron chi connectivity index (χ1n) is 6.32. The van der Waals surface area contributed by atoms with Crippen LogP contribution in [0.5, 0.6) is 5.75 Å². The lowest BCUT2D eigenvalue weighted by atomic mass is 9.81. The van der Waals surface area contributed by atoms with Gasteiger partial charge in [0, 0.05) is 12.1 Å². The average molecular weight is 233 g/mol. The molecule has 2 fully saturated rings. The maximum atomic E-state index is 10.8. The Morgan fingerprint density at radius 3 is 2.29 bits per heavy atom. The van der Waals surface area contributed by atoms with Crippen LogP contribution in [0.25, 0.3) is 0 Å². The van der Waals surface area contributed by atoms with Crippen molar-refractivity contribution in [3.63, 3.8) is 0 Å². The molecule has 0 radical (unpaired) electrons. The quantitative estimate of drug-likeness (QED) is 0.818. The van der Waals surface area contributed by atoms with Crippen LogP contribution in [0.4, 0.5) is 0 Å². The van der Waals surface area contributed by atoms with Gasteiger partial charge in [-0.1, -0.05) is 12.1 Å². The Kier molecular flexibility index (Phi) is 2.60. The van der Waals surface area contributed by atoms with Crippen LogP contribution in [-0.2, 0) is 5.60 Å². The molecule has 1 unspecified atom stereocenters. The lowest BCUT2D eigenvalue weighted by Crippen LogP contribution is -2.46. The lowest BCUT2D eigenvalue weighted by Gasteiger charge is -2.37. The van der Waals surface area contributed by atoms with Crippen LogP contribution in [0, 0.1) is 0 Å². The van der Waals surface area contributed by atoms with E-state index in [1.165, 1.54) is 12.8 Å². The highest BCUT2D eigenvalue weighted by molar-refractivity contribution is 5.32. The molecule has 0 aliphatic carbocycles. The van der Waals surface area contributed by atoms with Crippen molar-refractivity contribution in [2.75, 3.05) is 7.11 Å². The Hall–Kier alpha value is -1.06. The van der Waals surface area contributed by atoms with Crippen molar-refractivity contribution in [2.45, 2.75) is 43.4 Å². The topological polar surface area (TPSA) is 41.5 Å². The van der Waals surface area contributed by atoms with Crippen LogP contribution in [0.1, 0.15) is 31.2 Å². The van der Waals surface area contributed by atoms with Gasteiger partial charge in [-0.05, 0) is 43.4 Å². The predicted molar refractivity (Wildman–Crippen MR) is 66.1 cm³/mol. The van der Waals surface area contributed by atoms with Crippen molar-refractivity contribution >= 4 is 0 Å². The van der Waals surface area contributed by atoms with Crippen LogP contribution in [0.3, 0.4) is 0 Å². The van der Waals surface area contributed by atoms with Gasteiger partial charge in [0.05, 0.1) is 12.7 Å². The molecule has 92 valence electrons. The molecule has 17 heavy (non-hydrogen) atoms. The highest BCUT2D eigenvalue weighted by Crippen LogP contribution is 2.40. The summed E-state index contributed by atoms with van der Waals surface area (Å²) >= 11 is 0. The monoisotopic (exact) mass is 233 g/mol. The van der Waals surface area contributed by atoms with Crippen molar-refractivity contribution in [2.24, 2.45) is 0 Å². The molecule has 0 aromatic heterocycles. The molecule has 2 aliphatic heterocycles. The third kappa shape index (κ3) is 1.94. The molecule has 2 aliphatic rings. The molecule has 3 rings (SSSR count). The van der Waals surface area contributed by atoms with Gasteiger partial charge >= 0.3 is 0 Å². The second kappa shape index (κ2) is 4.00. The van der Waals surface area contributed by atoms with E-state index in [0.29, 0.717) is 12.1 Å². The molecule has 2 N–H and O–H groups in total. The molecule has 3 heteroatoms. The van der Waals surface area contributed by atoms with Crippen molar-refractivity contribution in [1.29, 1.82) is 0 Å². The second-order valence-corrected chi connectivity index (χ2v) is 5.31. The molecule has 2 bridgehead atoms. The highest BCUT2D eigenvalue weighted by Gasteiger charge is 2.43. The fourth-order valence-electron chi connectivity index (χ4n) is 3.26. The molecule has 0 amide bonds. The molecular formula is C14H19NO2. The number of rotatable bonds is 2. The molecule has 3 atom stereocenters. The van der Waals surface area contributed by atoms with E-state index in [1.54, 1.807) is 7.11 Å². The number of nitrogens with one attached hydrogen (secondary N) is 1. The van der Waals surface area contributed by atoms with Crippen LogP contribution >= 0.6 is 0 Å². The molecule has 1 aromatic rings. The zero-order chi connectivity index (χ0) is 11.9. The number of methoxy groups -OCH3 is 1. The number of fused-ring (bicyclic) bond motifs is 2. The largest absolute Gasteiger partial charge is 0.497 e. The summed E-state index contributed by atoms with van der Waals surface area (Å²) in [5.41, 5.74) is 0.375. The summed E-state index contributed by atoms with van der Waals surface area (Å²) in [6, 6.07) is 8.81. The molecule has 2 heterocycles. The van der Waals surface area contributed by atoms with Crippen LogP contribution in [-0.4, -0.2) is 24.3 Å². The third-order valence-corrected chi connectivity index (χ3v) is 4.13. The van der Waals surface area contributed by atoms with E-state index in [0.717, 1.165) is 24.2 Å². The molecule has 1 aromatic carbocycles. The third-order valence-electron chi connectivity index (χ3n) is 4.13. The number of hydrogen-bond acceptors (Lipinski definition) is 3. The maximum Gasteiger partial charge on any atom is 0.118 e. The Morgan fingerprint density at radius 1 is 1.18 bits per heavy atom. The van der Waals surface area contributed by atoms with Gasteiger partial charge in [-0.3, -0.25) is 0 Å². The number of benzene rings is 1. The lowest BCUT2D eigenvalue weighted by molar-refractivity contribution is -0.0114. The summed E-state index contributed by atoms with van der Waals surface area (Å²) in [4.78, 5) is 0. The summed E-state index contributed by atoms with van der Waals surface area (Å²) in [6.45, 7) is 0. The van der Waals surface area contributed by atoms with Gasteiger partial charge in [-0.2, -0.15) is 0 Å². The predicted octanol–water partition coefficient (Wildman–Crippen LogP) is 1.80. The molecule has 2 saturated heterocycles. The standard InChI is InChI=1S/C14H19NO2/c1-17-13-6-2-10(3-7-13)14(16)8-11-4-5-12(9-14)15-11/h2-3,6-7,11-12,15-16H,4-5,8-9H2,1H3/t11-,12+,14?. The molecular weight excluding hydrogens is 214 g/mol. The first kappa shape index (κ1) is 11.1. The van der Waals surface area contributed by atoms with E-state index < -0.39 is 5.60 Å². The Balaban J connectivity index is 1.86. The molecule has 3 nitrogen and oxygen atoms in total. The second-order valence-electron chi connectivity index (χ2n) is 5.31.